The molecule has 0 spiro atoms. The molecule has 5 nitrogen and oxygen atoms in total. The number of Topliss-reactive ketones (excluding diaryl/α,β-unsaturated/α-hetero) is 2. The van der Waals surface area contributed by atoms with Crippen LogP contribution in [0.2, 0.25) is 4.34 Å². The fourth-order valence-corrected chi connectivity index (χ4v) is 4.60. The highest BCUT2D eigenvalue weighted by atomic mass is 35.5. The van der Waals surface area contributed by atoms with Gasteiger partial charge in [-0.2, -0.15) is 0 Å². The van der Waals surface area contributed by atoms with E-state index in [4.69, 9.17) is 11.6 Å². The topological polar surface area (TPSA) is 66.5 Å². The van der Waals surface area contributed by atoms with Gasteiger partial charge in [0.2, 0.25) is 0 Å². The molecular formula is C23H27ClN2O3S. The summed E-state index contributed by atoms with van der Waals surface area (Å²) in [6, 6.07) is 8.83. The average Bonchev–Trinajstić information content (AvgIpc) is 3.05. The van der Waals surface area contributed by atoms with Crippen LogP contribution < -0.4 is 5.32 Å². The van der Waals surface area contributed by atoms with Crippen molar-refractivity contribution < 1.29 is 14.4 Å². The summed E-state index contributed by atoms with van der Waals surface area (Å²) in [6.45, 7) is 3.54. The highest BCUT2D eigenvalue weighted by Gasteiger charge is 2.23. The molecule has 2 heterocycles. The molecule has 1 N–H and O–H groups in total. The van der Waals surface area contributed by atoms with Gasteiger partial charge in [0.15, 0.2) is 5.78 Å². The molecule has 0 saturated carbocycles. The second kappa shape index (κ2) is 10.3. The largest absolute Gasteiger partial charge is 0.342 e. The van der Waals surface area contributed by atoms with Crippen LogP contribution in [0, 0.1) is 0 Å². The van der Waals surface area contributed by atoms with E-state index in [9.17, 15) is 14.4 Å². The van der Waals surface area contributed by atoms with Gasteiger partial charge < -0.3 is 15.0 Å². The second-order valence-electron chi connectivity index (χ2n) is 7.92. The molecule has 1 aromatic carbocycles. The van der Waals surface area contributed by atoms with E-state index >= 15 is 0 Å². The normalized spacial score (nSPS) is 15.2. The van der Waals surface area contributed by atoms with E-state index in [1.54, 1.807) is 12.1 Å². The number of carbonyl (C=O) groups is 3. The standard InChI is InChI=1S/C23H27ClN2O3S/c1-15(27)3-6-19(25-23(29)21-7-8-22(24)30-21)20(28)14-16-4-5-17-9-11-26(2)12-10-18(17)13-16/h4-5,7-8,13,19H,3,6,9-12,14H2,1-2H3,(H,25,29)/t19-/m1/s1. The average molecular weight is 447 g/mol. The third-order valence-corrected chi connectivity index (χ3v) is 6.68. The minimum atomic E-state index is -0.702. The molecule has 0 aliphatic carbocycles. The fraction of sp³-hybridized carbons (Fsp3) is 0.435. The van der Waals surface area contributed by atoms with Crippen molar-refractivity contribution in [3.05, 3.63) is 56.2 Å². The number of thiophene rings is 1. The molecule has 30 heavy (non-hydrogen) atoms. The summed E-state index contributed by atoms with van der Waals surface area (Å²) in [5, 5.41) is 2.80. The molecule has 1 aliphatic rings. The van der Waals surface area contributed by atoms with Crippen LogP contribution in [0.15, 0.2) is 30.3 Å². The lowest BCUT2D eigenvalue weighted by atomic mass is 9.95. The van der Waals surface area contributed by atoms with Crippen LogP contribution in [-0.2, 0) is 28.9 Å². The number of rotatable bonds is 8. The first-order chi connectivity index (χ1) is 14.3. The van der Waals surface area contributed by atoms with Gasteiger partial charge >= 0.3 is 0 Å². The zero-order valence-electron chi connectivity index (χ0n) is 17.4. The van der Waals surface area contributed by atoms with Crippen molar-refractivity contribution in [2.45, 2.75) is 45.1 Å². The molecule has 7 heteroatoms. The predicted octanol–water partition coefficient (Wildman–Crippen LogP) is 3.71. The number of nitrogens with one attached hydrogen (secondary N) is 1. The van der Waals surface area contributed by atoms with Gasteiger partial charge in [0, 0.05) is 25.9 Å². The van der Waals surface area contributed by atoms with Crippen molar-refractivity contribution in [1.82, 2.24) is 10.2 Å². The fourth-order valence-electron chi connectivity index (χ4n) is 3.65. The van der Waals surface area contributed by atoms with Crippen LogP contribution >= 0.6 is 22.9 Å². The van der Waals surface area contributed by atoms with Crippen LogP contribution in [0.4, 0.5) is 0 Å². The molecule has 160 valence electrons. The van der Waals surface area contributed by atoms with E-state index in [2.05, 4.69) is 29.4 Å². The number of amides is 1. The number of hydrogen-bond acceptors (Lipinski definition) is 5. The van der Waals surface area contributed by atoms with Gasteiger partial charge in [-0.15, -0.1) is 11.3 Å². The molecule has 0 bridgehead atoms. The number of carbonyl (C=O) groups excluding carboxylic acids is 3. The predicted molar refractivity (Wildman–Crippen MR) is 121 cm³/mol. The number of halogens is 1. The third kappa shape index (κ3) is 6.24. The molecule has 0 fully saturated rings. The number of hydrogen-bond donors (Lipinski definition) is 1. The van der Waals surface area contributed by atoms with Gasteiger partial charge in [0.1, 0.15) is 5.78 Å². The summed E-state index contributed by atoms with van der Waals surface area (Å²) >= 11 is 7.08. The highest BCUT2D eigenvalue weighted by molar-refractivity contribution is 7.18. The van der Waals surface area contributed by atoms with Crippen LogP contribution in [-0.4, -0.2) is 48.6 Å². The first kappa shape index (κ1) is 22.7. The maximum absolute atomic E-state index is 13.0. The van der Waals surface area contributed by atoms with E-state index in [0.29, 0.717) is 15.6 Å². The first-order valence-electron chi connectivity index (χ1n) is 10.2. The quantitative estimate of drug-likeness (QED) is 0.671. The number of fused-ring (bicyclic) bond motifs is 1. The van der Waals surface area contributed by atoms with E-state index in [-0.39, 0.29) is 30.3 Å². The Morgan fingerprint density at radius 1 is 1.13 bits per heavy atom. The molecule has 1 amide bonds. The van der Waals surface area contributed by atoms with Crippen LogP contribution in [0.1, 0.15) is 46.1 Å². The van der Waals surface area contributed by atoms with Crippen LogP contribution in [0.3, 0.4) is 0 Å². The summed E-state index contributed by atoms with van der Waals surface area (Å²) in [5.74, 6) is -0.424. The van der Waals surface area contributed by atoms with Crippen LogP contribution in [0.25, 0.3) is 0 Å². The Morgan fingerprint density at radius 3 is 2.53 bits per heavy atom. The van der Waals surface area contributed by atoms with E-state index in [0.717, 1.165) is 31.5 Å². The summed E-state index contributed by atoms with van der Waals surface area (Å²) in [6.07, 6.45) is 2.77. The van der Waals surface area contributed by atoms with Gasteiger partial charge in [0.25, 0.3) is 5.91 Å². The molecular weight excluding hydrogens is 420 g/mol. The Morgan fingerprint density at radius 2 is 1.87 bits per heavy atom. The van der Waals surface area contributed by atoms with Crippen molar-refractivity contribution in [1.29, 1.82) is 0 Å². The Labute approximate surface area is 186 Å². The number of ketones is 2. The van der Waals surface area contributed by atoms with Gasteiger partial charge in [-0.3, -0.25) is 9.59 Å². The molecule has 0 unspecified atom stereocenters. The lowest BCUT2D eigenvalue weighted by Gasteiger charge is -2.17. The highest BCUT2D eigenvalue weighted by Crippen LogP contribution is 2.22. The molecule has 1 atom stereocenters. The monoisotopic (exact) mass is 446 g/mol. The maximum atomic E-state index is 13.0. The Hall–Kier alpha value is -2.02. The molecule has 0 saturated heterocycles. The Kier molecular flexibility index (Phi) is 7.81. The SMILES string of the molecule is CC(=O)CC[C@@H](NC(=O)c1ccc(Cl)s1)C(=O)Cc1ccc2c(c1)CCN(C)CC2. The summed E-state index contributed by atoms with van der Waals surface area (Å²) in [7, 11) is 2.12. The van der Waals surface area contributed by atoms with Gasteiger partial charge in [-0.1, -0.05) is 29.8 Å². The smallest absolute Gasteiger partial charge is 0.261 e. The molecule has 1 aliphatic heterocycles. The van der Waals surface area contributed by atoms with Gasteiger partial charge in [-0.25, -0.2) is 0 Å². The second-order valence-corrected chi connectivity index (χ2v) is 9.64. The van der Waals surface area contributed by atoms with Gasteiger partial charge in [0.05, 0.1) is 15.3 Å². The lowest BCUT2D eigenvalue weighted by Crippen LogP contribution is -2.41. The zero-order valence-corrected chi connectivity index (χ0v) is 18.9. The number of benzene rings is 1. The molecule has 3 rings (SSSR count). The number of likely N-dealkylation sites (N-methyl/N-ethyl adjacent to an activating group) is 1. The van der Waals surface area contributed by atoms with Crippen molar-refractivity contribution in [3.63, 3.8) is 0 Å². The van der Waals surface area contributed by atoms with E-state index in [1.165, 1.54) is 29.4 Å². The zero-order chi connectivity index (χ0) is 21.7. The lowest BCUT2D eigenvalue weighted by molar-refractivity contribution is -0.121. The summed E-state index contributed by atoms with van der Waals surface area (Å²) in [4.78, 5) is 39.8. The number of nitrogens with zero attached hydrogens (tertiary/aromatic N) is 1. The summed E-state index contributed by atoms with van der Waals surface area (Å²) in [5.41, 5.74) is 3.58. The van der Waals surface area contributed by atoms with Crippen molar-refractivity contribution >= 4 is 40.4 Å². The van der Waals surface area contributed by atoms with E-state index in [1.807, 2.05) is 6.07 Å². The van der Waals surface area contributed by atoms with Crippen molar-refractivity contribution in [3.8, 4) is 0 Å². The van der Waals surface area contributed by atoms with Crippen molar-refractivity contribution in [2.24, 2.45) is 0 Å². The molecule has 0 radical (unpaired) electrons. The minimum absolute atomic E-state index is 0.00429. The minimum Gasteiger partial charge on any atom is -0.342 e. The maximum Gasteiger partial charge on any atom is 0.261 e. The Bertz CT molecular complexity index is 940. The first-order valence-corrected chi connectivity index (χ1v) is 11.4. The molecule has 1 aromatic heterocycles. The third-order valence-electron chi connectivity index (χ3n) is 5.45. The van der Waals surface area contributed by atoms with E-state index < -0.39 is 6.04 Å². The van der Waals surface area contributed by atoms with Crippen molar-refractivity contribution in [2.75, 3.05) is 20.1 Å². The summed E-state index contributed by atoms with van der Waals surface area (Å²) < 4.78 is 0.516. The Balaban J connectivity index is 1.71. The molecule has 2 aromatic rings. The van der Waals surface area contributed by atoms with Gasteiger partial charge in [-0.05, 0) is 62.1 Å². The van der Waals surface area contributed by atoms with Crippen LogP contribution in [0.5, 0.6) is 0 Å².